The standard InChI is InChI=1S/C17H25NO3/c1-5-18-17(16(19)20-4)9-8-14(11-17)21-15-10-12(2)6-7-13(15)3/h6-7,10,14,18H,5,8-9,11H2,1-4H3. The van der Waals surface area contributed by atoms with Crippen molar-refractivity contribution in [3.63, 3.8) is 0 Å². The van der Waals surface area contributed by atoms with E-state index < -0.39 is 5.54 Å². The van der Waals surface area contributed by atoms with Gasteiger partial charge in [-0.2, -0.15) is 0 Å². The number of carbonyl (C=O) groups excluding carboxylic acids is 1. The summed E-state index contributed by atoms with van der Waals surface area (Å²) < 4.78 is 11.1. The van der Waals surface area contributed by atoms with Crippen LogP contribution in [0.15, 0.2) is 18.2 Å². The molecule has 0 amide bonds. The van der Waals surface area contributed by atoms with Crippen LogP contribution in [0, 0.1) is 13.8 Å². The van der Waals surface area contributed by atoms with Crippen LogP contribution in [0.2, 0.25) is 0 Å². The monoisotopic (exact) mass is 291 g/mol. The Balaban J connectivity index is 2.10. The molecule has 2 unspecified atom stereocenters. The molecule has 0 spiro atoms. The number of carbonyl (C=O) groups is 1. The third-order valence-corrected chi connectivity index (χ3v) is 4.20. The maximum Gasteiger partial charge on any atom is 0.326 e. The van der Waals surface area contributed by atoms with Gasteiger partial charge in [0.25, 0.3) is 0 Å². The Morgan fingerprint density at radius 2 is 2.19 bits per heavy atom. The summed E-state index contributed by atoms with van der Waals surface area (Å²) in [5.74, 6) is 0.730. The van der Waals surface area contributed by atoms with E-state index in [1.807, 2.05) is 13.8 Å². The van der Waals surface area contributed by atoms with Crippen molar-refractivity contribution in [2.24, 2.45) is 0 Å². The van der Waals surface area contributed by atoms with Gasteiger partial charge < -0.3 is 14.8 Å². The van der Waals surface area contributed by atoms with Gasteiger partial charge >= 0.3 is 5.97 Å². The van der Waals surface area contributed by atoms with Gasteiger partial charge in [-0.3, -0.25) is 4.79 Å². The lowest BCUT2D eigenvalue weighted by Crippen LogP contribution is -2.51. The highest BCUT2D eigenvalue weighted by Gasteiger charge is 2.46. The molecule has 2 rings (SSSR count). The average molecular weight is 291 g/mol. The number of rotatable bonds is 5. The fourth-order valence-electron chi connectivity index (χ4n) is 3.07. The van der Waals surface area contributed by atoms with Crippen molar-refractivity contribution < 1.29 is 14.3 Å². The number of hydrogen-bond acceptors (Lipinski definition) is 4. The molecule has 1 aliphatic carbocycles. The predicted octanol–water partition coefficient (Wildman–Crippen LogP) is 2.76. The molecule has 1 fully saturated rings. The molecule has 1 aromatic carbocycles. The van der Waals surface area contributed by atoms with Crippen LogP contribution in [0.4, 0.5) is 0 Å². The maximum atomic E-state index is 12.1. The van der Waals surface area contributed by atoms with Gasteiger partial charge in [0.15, 0.2) is 0 Å². The lowest BCUT2D eigenvalue weighted by Gasteiger charge is -2.27. The van der Waals surface area contributed by atoms with E-state index in [0.717, 1.165) is 30.7 Å². The van der Waals surface area contributed by atoms with Crippen LogP contribution in [-0.4, -0.2) is 31.3 Å². The molecule has 4 nitrogen and oxygen atoms in total. The molecule has 21 heavy (non-hydrogen) atoms. The Morgan fingerprint density at radius 1 is 1.43 bits per heavy atom. The summed E-state index contributed by atoms with van der Waals surface area (Å²) in [5.41, 5.74) is 1.71. The first-order chi connectivity index (χ1) is 10.0. The Morgan fingerprint density at radius 3 is 2.86 bits per heavy atom. The molecule has 0 bridgehead atoms. The first kappa shape index (κ1) is 15.8. The molecule has 0 aliphatic heterocycles. The fourth-order valence-corrected chi connectivity index (χ4v) is 3.07. The second-order valence-corrected chi connectivity index (χ2v) is 5.86. The third kappa shape index (κ3) is 3.38. The Kier molecular flexibility index (Phi) is 4.88. The lowest BCUT2D eigenvalue weighted by molar-refractivity contribution is -0.148. The van der Waals surface area contributed by atoms with Gasteiger partial charge in [-0.15, -0.1) is 0 Å². The van der Waals surface area contributed by atoms with Gasteiger partial charge in [0.1, 0.15) is 17.4 Å². The molecule has 1 aromatic rings. The quantitative estimate of drug-likeness (QED) is 0.847. The zero-order valence-electron chi connectivity index (χ0n) is 13.4. The summed E-state index contributed by atoms with van der Waals surface area (Å²) in [6.07, 6.45) is 2.31. The van der Waals surface area contributed by atoms with E-state index in [4.69, 9.17) is 9.47 Å². The highest BCUT2D eigenvalue weighted by molar-refractivity contribution is 5.81. The molecule has 1 N–H and O–H groups in total. The summed E-state index contributed by atoms with van der Waals surface area (Å²) in [4.78, 5) is 12.1. The molecular formula is C17H25NO3. The van der Waals surface area contributed by atoms with Crippen molar-refractivity contribution in [2.75, 3.05) is 13.7 Å². The number of aryl methyl sites for hydroxylation is 2. The van der Waals surface area contributed by atoms with Crippen molar-refractivity contribution in [2.45, 2.75) is 51.7 Å². The molecule has 2 atom stereocenters. The van der Waals surface area contributed by atoms with Crippen molar-refractivity contribution in [3.8, 4) is 5.75 Å². The minimum absolute atomic E-state index is 0.0450. The Labute approximate surface area is 126 Å². The number of hydrogen-bond donors (Lipinski definition) is 1. The van der Waals surface area contributed by atoms with Gasteiger partial charge in [0, 0.05) is 6.42 Å². The van der Waals surface area contributed by atoms with Crippen LogP contribution in [0.25, 0.3) is 0 Å². The average Bonchev–Trinajstić information content (AvgIpc) is 2.87. The molecule has 1 aliphatic rings. The number of likely N-dealkylation sites (N-methyl/N-ethyl adjacent to an activating group) is 1. The zero-order valence-corrected chi connectivity index (χ0v) is 13.4. The summed E-state index contributed by atoms with van der Waals surface area (Å²) >= 11 is 0. The molecule has 4 heteroatoms. The molecule has 0 radical (unpaired) electrons. The lowest BCUT2D eigenvalue weighted by atomic mass is 9.97. The highest BCUT2D eigenvalue weighted by atomic mass is 16.5. The van der Waals surface area contributed by atoms with Gasteiger partial charge in [-0.25, -0.2) is 0 Å². The van der Waals surface area contributed by atoms with E-state index in [9.17, 15) is 4.79 Å². The molecule has 116 valence electrons. The second kappa shape index (κ2) is 6.48. The topological polar surface area (TPSA) is 47.6 Å². The minimum atomic E-state index is -0.591. The molecule has 0 aromatic heterocycles. The largest absolute Gasteiger partial charge is 0.490 e. The first-order valence-corrected chi connectivity index (χ1v) is 7.58. The van der Waals surface area contributed by atoms with Crippen LogP contribution < -0.4 is 10.1 Å². The van der Waals surface area contributed by atoms with Gasteiger partial charge in [-0.1, -0.05) is 19.1 Å². The molecular weight excluding hydrogens is 266 g/mol. The normalized spacial score (nSPS) is 24.9. The SMILES string of the molecule is CCNC1(C(=O)OC)CCC(Oc2cc(C)ccc2C)C1. The van der Waals surface area contributed by atoms with Crippen LogP contribution >= 0.6 is 0 Å². The van der Waals surface area contributed by atoms with Crippen molar-refractivity contribution in [3.05, 3.63) is 29.3 Å². The summed E-state index contributed by atoms with van der Waals surface area (Å²) in [5, 5.41) is 3.30. The third-order valence-electron chi connectivity index (χ3n) is 4.20. The summed E-state index contributed by atoms with van der Waals surface area (Å²) in [7, 11) is 1.44. The highest BCUT2D eigenvalue weighted by Crippen LogP contribution is 2.34. The summed E-state index contributed by atoms with van der Waals surface area (Å²) in [6, 6.07) is 6.20. The number of benzene rings is 1. The number of esters is 1. The molecule has 0 saturated heterocycles. The van der Waals surface area contributed by atoms with Crippen LogP contribution in [-0.2, 0) is 9.53 Å². The van der Waals surface area contributed by atoms with E-state index in [1.54, 1.807) is 0 Å². The second-order valence-electron chi connectivity index (χ2n) is 5.86. The molecule has 0 heterocycles. The van der Waals surface area contributed by atoms with E-state index in [1.165, 1.54) is 12.7 Å². The van der Waals surface area contributed by atoms with E-state index in [-0.39, 0.29) is 12.1 Å². The Hall–Kier alpha value is -1.55. The Bertz CT molecular complexity index is 515. The number of ether oxygens (including phenoxy) is 2. The van der Waals surface area contributed by atoms with E-state index >= 15 is 0 Å². The predicted molar refractivity (Wildman–Crippen MR) is 82.6 cm³/mol. The smallest absolute Gasteiger partial charge is 0.326 e. The van der Waals surface area contributed by atoms with Gasteiger partial charge in [0.2, 0.25) is 0 Å². The van der Waals surface area contributed by atoms with Crippen LogP contribution in [0.1, 0.15) is 37.3 Å². The van der Waals surface area contributed by atoms with E-state index in [0.29, 0.717) is 6.42 Å². The zero-order chi connectivity index (χ0) is 15.5. The van der Waals surface area contributed by atoms with E-state index in [2.05, 4.69) is 30.4 Å². The summed E-state index contributed by atoms with van der Waals surface area (Å²) in [6.45, 7) is 6.84. The number of nitrogens with one attached hydrogen (secondary N) is 1. The van der Waals surface area contributed by atoms with Crippen LogP contribution in [0.5, 0.6) is 5.75 Å². The maximum absolute atomic E-state index is 12.1. The number of methoxy groups -OCH3 is 1. The van der Waals surface area contributed by atoms with Crippen molar-refractivity contribution in [1.82, 2.24) is 5.32 Å². The first-order valence-electron chi connectivity index (χ1n) is 7.58. The molecule has 1 saturated carbocycles. The van der Waals surface area contributed by atoms with Gasteiger partial charge in [-0.05, 0) is 50.4 Å². The fraction of sp³-hybridized carbons (Fsp3) is 0.588. The van der Waals surface area contributed by atoms with Crippen molar-refractivity contribution >= 4 is 5.97 Å². The van der Waals surface area contributed by atoms with Crippen LogP contribution in [0.3, 0.4) is 0 Å². The van der Waals surface area contributed by atoms with Gasteiger partial charge in [0.05, 0.1) is 7.11 Å². The minimum Gasteiger partial charge on any atom is -0.490 e. The van der Waals surface area contributed by atoms with Crippen molar-refractivity contribution in [1.29, 1.82) is 0 Å².